The molecule has 9 atom stereocenters. The maximum Gasteiger partial charge on any atom is 0.306 e. The van der Waals surface area contributed by atoms with Crippen LogP contribution in [0.1, 0.15) is 79.1 Å². The predicted molar refractivity (Wildman–Crippen MR) is 118 cm³/mol. The Labute approximate surface area is 194 Å². The Morgan fingerprint density at radius 1 is 1.22 bits per heavy atom. The van der Waals surface area contributed by atoms with Gasteiger partial charge in [-0.15, -0.1) is 11.6 Å². The summed E-state index contributed by atoms with van der Waals surface area (Å²) < 4.78 is 23.2. The van der Waals surface area contributed by atoms with Gasteiger partial charge in [-0.05, 0) is 49.9 Å². The van der Waals surface area contributed by atoms with Crippen molar-refractivity contribution >= 4 is 29.1 Å². The number of aliphatic hydroxyl groups excluding tert-OH is 1. The first-order valence-corrected chi connectivity index (χ1v) is 12.7. The lowest BCUT2D eigenvalue weighted by atomic mass is 9.42. The monoisotopic (exact) mass is 470 g/mol. The lowest BCUT2D eigenvalue weighted by molar-refractivity contribution is -0.257. The number of hydrogen-bond acceptors (Lipinski definition) is 5. The molecular weight excluding hydrogens is 435 g/mol. The molecule has 0 aliphatic heterocycles. The maximum atomic E-state index is 17.3. The summed E-state index contributed by atoms with van der Waals surface area (Å²) in [5.74, 6) is -2.05. The number of Topliss-reactive ketones (excluding diaryl/α,β-unsaturated/α-hetero) is 2. The fourth-order valence-electron chi connectivity index (χ4n) is 8.59. The number of esters is 1. The summed E-state index contributed by atoms with van der Waals surface area (Å²) in [7, 11) is 0. The van der Waals surface area contributed by atoms with Crippen LogP contribution in [-0.4, -0.2) is 45.9 Å². The van der Waals surface area contributed by atoms with Crippen LogP contribution in [0.4, 0.5) is 4.39 Å². The standard InChI is InChI=1S/C25H36ClFO5/c1-5-21(31)32-25(20(30)13-26)14(2)10-18-17-7-6-15-11-16(28)8-9-22(15,3)24(17,27)19(29)12-23(18,25)4/h14-15,17-19,29H,5-13H2,1-4H3/t14-,15-,17+,18+,19+,22+,23+,24+,25+/m1/s1. The van der Waals surface area contributed by atoms with E-state index in [1.807, 2.05) is 20.8 Å². The van der Waals surface area contributed by atoms with E-state index >= 15 is 4.39 Å². The van der Waals surface area contributed by atoms with Crippen molar-refractivity contribution in [2.45, 2.75) is 96.4 Å². The third kappa shape index (κ3) is 2.80. The minimum absolute atomic E-state index is 0.0326. The largest absolute Gasteiger partial charge is 0.450 e. The zero-order valence-electron chi connectivity index (χ0n) is 19.6. The van der Waals surface area contributed by atoms with Gasteiger partial charge in [0.1, 0.15) is 11.5 Å². The first-order valence-electron chi connectivity index (χ1n) is 12.1. The zero-order chi connectivity index (χ0) is 23.7. The van der Waals surface area contributed by atoms with Crippen LogP contribution in [0.5, 0.6) is 0 Å². The number of carbonyl (C=O) groups is 3. The molecule has 4 aliphatic rings. The quantitative estimate of drug-likeness (QED) is 0.486. The van der Waals surface area contributed by atoms with Crippen LogP contribution in [-0.2, 0) is 19.1 Å². The molecule has 0 unspecified atom stereocenters. The molecule has 4 aliphatic carbocycles. The Hall–Kier alpha value is -1.01. The number of halogens is 2. The molecule has 5 nitrogen and oxygen atoms in total. The van der Waals surface area contributed by atoms with Gasteiger partial charge in [0.15, 0.2) is 11.4 Å². The van der Waals surface area contributed by atoms with Crippen molar-refractivity contribution in [1.82, 2.24) is 0 Å². The molecule has 0 aromatic heterocycles. The highest BCUT2D eigenvalue weighted by atomic mass is 35.5. The van der Waals surface area contributed by atoms with Crippen molar-refractivity contribution < 1.29 is 28.6 Å². The number of ketones is 2. The Bertz CT molecular complexity index is 833. The summed E-state index contributed by atoms with van der Waals surface area (Å²) in [6.45, 7) is 7.36. The van der Waals surface area contributed by atoms with Gasteiger partial charge in [0.05, 0.1) is 12.0 Å². The average molecular weight is 471 g/mol. The van der Waals surface area contributed by atoms with Gasteiger partial charge in [-0.25, -0.2) is 4.39 Å². The topological polar surface area (TPSA) is 80.7 Å². The molecule has 1 N–H and O–H groups in total. The van der Waals surface area contributed by atoms with E-state index < -0.39 is 40.1 Å². The van der Waals surface area contributed by atoms with Crippen molar-refractivity contribution in [3.05, 3.63) is 0 Å². The summed E-state index contributed by atoms with van der Waals surface area (Å²) in [6.07, 6.45) is 1.85. The van der Waals surface area contributed by atoms with Crippen LogP contribution in [0.2, 0.25) is 0 Å². The second kappa shape index (κ2) is 7.76. The highest BCUT2D eigenvalue weighted by molar-refractivity contribution is 6.29. The van der Waals surface area contributed by atoms with Gasteiger partial charge in [0.25, 0.3) is 0 Å². The number of fused-ring (bicyclic) bond motifs is 5. The number of alkyl halides is 2. The predicted octanol–water partition coefficient (Wildman–Crippen LogP) is 4.41. The van der Waals surface area contributed by atoms with Gasteiger partial charge in [-0.1, -0.05) is 27.7 Å². The van der Waals surface area contributed by atoms with Crippen molar-refractivity contribution in [3.63, 3.8) is 0 Å². The first-order chi connectivity index (χ1) is 14.9. The van der Waals surface area contributed by atoms with Crippen LogP contribution in [0, 0.1) is 34.5 Å². The van der Waals surface area contributed by atoms with Gasteiger partial charge in [-0.3, -0.25) is 14.4 Å². The van der Waals surface area contributed by atoms with Gasteiger partial charge in [0.2, 0.25) is 0 Å². The Kier molecular flexibility index (Phi) is 5.85. The summed E-state index contributed by atoms with van der Waals surface area (Å²) in [4.78, 5) is 37.9. The van der Waals surface area contributed by atoms with Crippen LogP contribution in [0.25, 0.3) is 0 Å². The summed E-state index contributed by atoms with van der Waals surface area (Å²) in [5, 5.41) is 11.5. The van der Waals surface area contributed by atoms with Gasteiger partial charge in [-0.2, -0.15) is 0 Å². The molecule has 4 saturated carbocycles. The number of ether oxygens (including phenoxy) is 1. The summed E-state index contributed by atoms with van der Waals surface area (Å²) in [6, 6.07) is 0. The lowest BCUT2D eigenvalue weighted by Gasteiger charge is -2.65. The van der Waals surface area contributed by atoms with E-state index in [1.165, 1.54) is 0 Å². The second-order valence-corrected chi connectivity index (χ2v) is 11.6. The maximum absolute atomic E-state index is 17.3. The van der Waals surface area contributed by atoms with E-state index in [-0.39, 0.29) is 48.0 Å². The first kappa shape index (κ1) is 24.1. The molecule has 0 bridgehead atoms. The number of rotatable bonds is 4. The molecule has 180 valence electrons. The van der Waals surface area contributed by atoms with Crippen LogP contribution in [0.15, 0.2) is 0 Å². The Morgan fingerprint density at radius 2 is 1.91 bits per heavy atom. The SMILES string of the molecule is CCC(=O)O[C@]1(C(=O)CCl)[C@H](C)C[C@H]2[C@@H]3CC[C@@H]4CC(=O)CC[C@]4(C)[C@@]3(F)[C@@H](O)C[C@@]21C. The molecule has 0 aromatic carbocycles. The molecule has 32 heavy (non-hydrogen) atoms. The molecule has 4 fully saturated rings. The van der Waals surface area contributed by atoms with Crippen LogP contribution in [0.3, 0.4) is 0 Å². The minimum Gasteiger partial charge on any atom is -0.450 e. The van der Waals surface area contributed by atoms with E-state index in [0.29, 0.717) is 32.1 Å². The molecule has 0 amide bonds. The van der Waals surface area contributed by atoms with Crippen molar-refractivity contribution in [3.8, 4) is 0 Å². The van der Waals surface area contributed by atoms with E-state index in [1.54, 1.807) is 6.92 Å². The summed E-state index contributed by atoms with van der Waals surface area (Å²) >= 11 is 6.03. The molecule has 4 rings (SSSR count). The fourth-order valence-corrected chi connectivity index (χ4v) is 8.79. The minimum atomic E-state index is -1.84. The van der Waals surface area contributed by atoms with Gasteiger partial charge >= 0.3 is 5.97 Å². The highest BCUT2D eigenvalue weighted by Gasteiger charge is 2.77. The van der Waals surface area contributed by atoms with Crippen molar-refractivity contribution in [1.29, 1.82) is 0 Å². The Balaban J connectivity index is 1.81. The second-order valence-electron chi connectivity index (χ2n) is 11.3. The van der Waals surface area contributed by atoms with Crippen LogP contribution < -0.4 is 0 Å². The normalized spacial score (nSPS) is 50.2. The summed E-state index contributed by atoms with van der Waals surface area (Å²) in [5.41, 5.74) is -4.99. The average Bonchev–Trinajstić information content (AvgIpc) is 2.96. The third-order valence-electron chi connectivity index (χ3n) is 10.2. The van der Waals surface area contributed by atoms with E-state index in [0.717, 1.165) is 6.42 Å². The molecule has 0 saturated heterocycles. The van der Waals surface area contributed by atoms with Crippen LogP contribution >= 0.6 is 11.6 Å². The number of carbonyl (C=O) groups excluding carboxylic acids is 3. The number of hydrogen-bond donors (Lipinski definition) is 1. The molecule has 0 spiro atoms. The van der Waals surface area contributed by atoms with Crippen molar-refractivity contribution in [2.75, 3.05) is 5.88 Å². The van der Waals surface area contributed by atoms with E-state index in [9.17, 15) is 19.5 Å². The molecule has 7 heteroatoms. The van der Waals surface area contributed by atoms with E-state index in [2.05, 4.69) is 0 Å². The van der Waals surface area contributed by atoms with E-state index in [4.69, 9.17) is 16.3 Å². The zero-order valence-corrected chi connectivity index (χ0v) is 20.3. The number of aliphatic hydroxyl groups is 1. The molecule has 0 aromatic rings. The molecular formula is C25H36ClFO5. The Morgan fingerprint density at radius 3 is 2.53 bits per heavy atom. The fraction of sp³-hybridized carbons (Fsp3) is 0.880. The smallest absolute Gasteiger partial charge is 0.306 e. The molecule has 0 radical (unpaired) electrons. The highest BCUT2D eigenvalue weighted by Crippen LogP contribution is 2.72. The third-order valence-corrected chi connectivity index (χ3v) is 10.4. The van der Waals surface area contributed by atoms with Gasteiger partial charge < -0.3 is 9.84 Å². The van der Waals surface area contributed by atoms with Gasteiger partial charge in [0, 0.05) is 36.0 Å². The lowest BCUT2D eigenvalue weighted by Crippen LogP contribution is -2.71. The molecule has 0 heterocycles. The van der Waals surface area contributed by atoms with Crippen molar-refractivity contribution in [2.24, 2.45) is 34.5 Å².